The van der Waals surface area contributed by atoms with E-state index in [0.717, 1.165) is 6.42 Å². The molecule has 0 amide bonds. The first-order valence-corrected chi connectivity index (χ1v) is 4.76. The fourth-order valence-electron chi connectivity index (χ4n) is 1.25. The predicted molar refractivity (Wildman–Crippen MR) is 55.6 cm³/mol. The minimum Gasteiger partial charge on any atom is -0.507 e. The van der Waals surface area contributed by atoms with Crippen molar-refractivity contribution in [3.63, 3.8) is 0 Å². The summed E-state index contributed by atoms with van der Waals surface area (Å²) in [6.07, 6.45) is 0.756. The summed E-state index contributed by atoms with van der Waals surface area (Å²) < 4.78 is 5.23. The topological polar surface area (TPSA) is 66.8 Å². The number of hydrogen-bond donors (Lipinski definition) is 2. The zero-order chi connectivity index (χ0) is 11.4. The van der Waals surface area contributed by atoms with Crippen LogP contribution in [0.5, 0.6) is 17.2 Å². The fraction of sp³-hybridized carbons (Fsp3) is 0.364. The maximum atomic E-state index is 11.3. The summed E-state index contributed by atoms with van der Waals surface area (Å²) >= 11 is 0. The molecule has 0 aliphatic rings. The summed E-state index contributed by atoms with van der Waals surface area (Å²) in [6, 6.07) is 2.57. The van der Waals surface area contributed by atoms with Crippen LogP contribution in [0.3, 0.4) is 0 Å². The van der Waals surface area contributed by atoms with Gasteiger partial charge in [0.05, 0.1) is 6.61 Å². The molecule has 0 aliphatic carbocycles. The van der Waals surface area contributed by atoms with Crippen molar-refractivity contribution < 1.29 is 19.7 Å². The Morgan fingerprint density at radius 1 is 1.33 bits per heavy atom. The zero-order valence-corrected chi connectivity index (χ0v) is 8.78. The van der Waals surface area contributed by atoms with Crippen molar-refractivity contribution in [3.05, 3.63) is 17.7 Å². The van der Waals surface area contributed by atoms with Gasteiger partial charge >= 0.3 is 0 Å². The number of ether oxygens (including phenoxy) is 1. The molecule has 2 N–H and O–H groups in total. The average molecular weight is 210 g/mol. The highest BCUT2D eigenvalue weighted by Crippen LogP contribution is 2.36. The second-order valence-electron chi connectivity index (χ2n) is 3.21. The monoisotopic (exact) mass is 210 g/mol. The normalized spacial score (nSPS) is 10.0. The molecule has 1 aromatic carbocycles. The van der Waals surface area contributed by atoms with Crippen LogP contribution in [-0.2, 0) is 0 Å². The molecular formula is C11H14O4. The molecule has 0 saturated carbocycles. The van der Waals surface area contributed by atoms with Crippen molar-refractivity contribution in [1.82, 2.24) is 0 Å². The van der Waals surface area contributed by atoms with E-state index >= 15 is 0 Å². The Kier molecular flexibility index (Phi) is 3.55. The Bertz CT molecular complexity index is 371. The molecular weight excluding hydrogens is 196 g/mol. The Balaban J connectivity index is 3.19. The van der Waals surface area contributed by atoms with Gasteiger partial charge in [0.2, 0.25) is 0 Å². The van der Waals surface area contributed by atoms with E-state index in [1.165, 1.54) is 19.1 Å². The molecule has 1 rings (SSSR count). The Labute approximate surface area is 88.1 Å². The molecule has 0 spiro atoms. The molecule has 15 heavy (non-hydrogen) atoms. The van der Waals surface area contributed by atoms with E-state index in [-0.39, 0.29) is 28.6 Å². The van der Waals surface area contributed by atoms with Crippen molar-refractivity contribution in [2.75, 3.05) is 6.61 Å². The fourth-order valence-corrected chi connectivity index (χ4v) is 1.25. The smallest absolute Gasteiger partial charge is 0.175 e. The van der Waals surface area contributed by atoms with Crippen LogP contribution in [0.2, 0.25) is 0 Å². The van der Waals surface area contributed by atoms with E-state index in [0.29, 0.717) is 6.61 Å². The van der Waals surface area contributed by atoms with Gasteiger partial charge in [0.1, 0.15) is 11.3 Å². The number of benzene rings is 1. The number of ketones is 1. The number of carbonyl (C=O) groups is 1. The maximum absolute atomic E-state index is 11.3. The van der Waals surface area contributed by atoms with Gasteiger partial charge in [-0.25, -0.2) is 0 Å². The molecule has 0 saturated heterocycles. The lowest BCUT2D eigenvalue weighted by molar-refractivity contribution is 0.101. The molecule has 0 heterocycles. The van der Waals surface area contributed by atoms with E-state index in [9.17, 15) is 15.0 Å². The van der Waals surface area contributed by atoms with Crippen molar-refractivity contribution in [3.8, 4) is 17.2 Å². The summed E-state index contributed by atoms with van der Waals surface area (Å²) in [5, 5.41) is 19.0. The number of hydrogen-bond acceptors (Lipinski definition) is 4. The molecule has 0 atom stereocenters. The van der Waals surface area contributed by atoms with Gasteiger partial charge in [-0.3, -0.25) is 4.79 Å². The van der Waals surface area contributed by atoms with Crippen LogP contribution in [0.4, 0.5) is 0 Å². The first-order valence-electron chi connectivity index (χ1n) is 4.76. The van der Waals surface area contributed by atoms with E-state index in [1.54, 1.807) is 0 Å². The Morgan fingerprint density at radius 3 is 2.47 bits per heavy atom. The quantitative estimate of drug-likeness (QED) is 0.589. The average Bonchev–Trinajstić information content (AvgIpc) is 2.18. The number of rotatable bonds is 4. The SMILES string of the molecule is CCCOc1c(O)ccc(O)c1C(C)=O. The van der Waals surface area contributed by atoms with Gasteiger partial charge in [-0.15, -0.1) is 0 Å². The van der Waals surface area contributed by atoms with Gasteiger partial charge in [-0.2, -0.15) is 0 Å². The van der Waals surface area contributed by atoms with Gasteiger partial charge in [0, 0.05) is 0 Å². The summed E-state index contributed by atoms with van der Waals surface area (Å²) in [5.74, 6) is -0.586. The standard InChI is InChI=1S/C11H14O4/c1-3-6-15-11-9(14)5-4-8(13)10(11)7(2)12/h4-5,13-14H,3,6H2,1-2H3. The van der Waals surface area contributed by atoms with Crippen LogP contribution in [0.1, 0.15) is 30.6 Å². The third kappa shape index (κ3) is 2.40. The van der Waals surface area contributed by atoms with Crippen LogP contribution in [0, 0.1) is 0 Å². The van der Waals surface area contributed by atoms with Gasteiger partial charge in [-0.05, 0) is 25.5 Å². The lowest BCUT2D eigenvalue weighted by Gasteiger charge is -2.11. The molecule has 0 radical (unpaired) electrons. The van der Waals surface area contributed by atoms with Gasteiger partial charge in [0.25, 0.3) is 0 Å². The second kappa shape index (κ2) is 4.68. The van der Waals surface area contributed by atoms with Crippen LogP contribution in [0.15, 0.2) is 12.1 Å². The van der Waals surface area contributed by atoms with E-state index in [1.807, 2.05) is 6.92 Å². The van der Waals surface area contributed by atoms with Crippen LogP contribution in [0.25, 0.3) is 0 Å². The van der Waals surface area contributed by atoms with Crippen molar-refractivity contribution in [2.45, 2.75) is 20.3 Å². The zero-order valence-electron chi connectivity index (χ0n) is 8.78. The molecule has 1 aromatic rings. The summed E-state index contributed by atoms with van der Waals surface area (Å²) in [4.78, 5) is 11.3. The summed E-state index contributed by atoms with van der Waals surface area (Å²) in [7, 11) is 0. The van der Waals surface area contributed by atoms with Gasteiger partial charge < -0.3 is 14.9 Å². The van der Waals surface area contributed by atoms with Crippen molar-refractivity contribution >= 4 is 5.78 Å². The molecule has 0 aliphatic heterocycles. The maximum Gasteiger partial charge on any atom is 0.175 e. The van der Waals surface area contributed by atoms with Crippen molar-refractivity contribution in [2.24, 2.45) is 0 Å². The number of carbonyl (C=O) groups excluding carboxylic acids is 1. The molecule has 0 unspecified atom stereocenters. The molecule has 4 nitrogen and oxygen atoms in total. The van der Waals surface area contributed by atoms with Crippen LogP contribution < -0.4 is 4.74 Å². The lowest BCUT2D eigenvalue weighted by atomic mass is 10.1. The van der Waals surface area contributed by atoms with E-state index in [4.69, 9.17) is 4.74 Å². The Morgan fingerprint density at radius 2 is 1.93 bits per heavy atom. The molecule has 4 heteroatoms. The van der Waals surface area contributed by atoms with E-state index < -0.39 is 0 Å². The highest BCUT2D eigenvalue weighted by atomic mass is 16.5. The molecule has 0 aromatic heterocycles. The van der Waals surface area contributed by atoms with Gasteiger partial charge in [0.15, 0.2) is 17.3 Å². The third-order valence-electron chi connectivity index (χ3n) is 1.92. The van der Waals surface area contributed by atoms with Crippen LogP contribution in [-0.4, -0.2) is 22.6 Å². The van der Waals surface area contributed by atoms with Crippen molar-refractivity contribution in [1.29, 1.82) is 0 Å². The molecule has 0 bridgehead atoms. The van der Waals surface area contributed by atoms with Gasteiger partial charge in [-0.1, -0.05) is 6.92 Å². The predicted octanol–water partition coefficient (Wildman–Crippen LogP) is 2.09. The number of phenols is 2. The first kappa shape index (κ1) is 11.4. The minimum atomic E-state index is -0.338. The lowest BCUT2D eigenvalue weighted by Crippen LogP contribution is -2.02. The number of Topliss-reactive ketones (excluding diaryl/α,β-unsaturated/α-hetero) is 1. The highest BCUT2D eigenvalue weighted by Gasteiger charge is 2.17. The second-order valence-corrected chi connectivity index (χ2v) is 3.21. The minimum absolute atomic E-state index is 0.0310. The third-order valence-corrected chi connectivity index (χ3v) is 1.92. The summed E-state index contributed by atoms with van der Waals surface area (Å²) in [5.41, 5.74) is 0.0310. The molecule has 82 valence electrons. The molecule has 0 fully saturated rings. The Hall–Kier alpha value is -1.71. The van der Waals surface area contributed by atoms with E-state index in [2.05, 4.69) is 0 Å². The largest absolute Gasteiger partial charge is 0.507 e. The summed E-state index contributed by atoms with van der Waals surface area (Å²) in [6.45, 7) is 3.61. The highest BCUT2D eigenvalue weighted by molar-refractivity contribution is 6.00. The number of aromatic hydroxyl groups is 2. The first-order chi connectivity index (χ1) is 7.07. The van der Waals surface area contributed by atoms with Crippen LogP contribution >= 0.6 is 0 Å². The number of phenolic OH excluding ortho intramolecular Hbond substituents is 2.